The van der Waals surface area contributed by atoms with Crippen molar-refractivity contribution in [3.8, 4) is 11.8 Å². The van der Waals surface area contributed by atoms with Gasteiger partial charge in [-0.2, -0.15) is 5.26 Å². The van der Waals surface area contributed by atoms with Crippen LogP contribution in [-0.4, -0.2) is 18.3 Å². The molecule has 0 saturated carbocycles. The van der Waals surface area contributed by atoms with E-state index in [2.05, 4.69) is 11.4 Å². The van der Waals surface area contributed by atoms with Crippen molar-refractivity contribution in [3.63, 3.8) is 0 Å². The molecule has 2 unspecified atom stereocenters. The lowest BCUT2D eigenvalue weighted by Gasteiger charge is -2.35. The molecule has 2 atom stereocenters. The highest BCUT2D eigenvalue weighted by Gasteiger charge is 2.34. The summed E-state index contributed by atoms with van der Waals surface area (Å²) in [7, 11) is 0. The van der Waals surface area contributed by atoms with Crippen LogP contribution in [0.2, 0.25) is 0 Å². The minimum Gasteiger partial charge on any atom is -0.493 e. The SMILES string of the molecule is CC(C)(C#N)CCC1COc2ccccc2C1NC(=O)OC(C)(C)C. The summed E-state index contributed by atoms with van der Waals surface area (Å²) in [6.45, 7) is 9.91. The molecule has 5 heteroatoms. The Labute approximate surface area is 150 Å². The lowest BCUT2D eigenvalue weighted by Crippen LogP contribution is -2.41. The molecule has 0 spiro atoms. The van der Waals surface area contributed by atoms with Crippen LogP contribution in [0.3, 0.4) is 0 Å². The molecule has 136 valence electrons. The number of carbonyl (C=O) groups excluding carboxylic acids is 1. The van der Waals surface area contributed by atoms with Crippen molar-refractivity contribution in [3.05, 3.63) is 29.8 Å². The van der Waals surface area contributed by atoms with Gasteiger partial charge in [0.25, 0.3) is 0 Å². The highest BCUT2D eigenvalue weighted by Crippen LogP contribution is 2.39. The van der Waals surface area contributed by atoms with E-state index in [0.29, 0.717) is 6.61 Å². The molecule has 1 N–H and O–H groups in total. The first-order valence-corrected chi connectivity index (χ1v) is 8.74. The number of hydrogen-bond donors (Lipinski definition) is 1. The van der Waals surface area contributed by atoms with Crippen molar-refractivity contribution in [1.82, 2.24) is 5.32 Å². The average molecular weight is 344 g/mol. The molecule has 0 aliphatic carbocycles. The quantitative estimate of drug-likeness (QED) is 0.867. The smallest absolute Gasteiger partial charge is 0.408 e. The van der Waals surface area contributed by atoms with Gasteiger partial charge in [-0.05, 0) is 53.5 Å². The van der Waals surface area contributed by atoms with Crippen LogP contribution in [0.15, 0.2) is 24.3 Å². The standard InChI is InChI=1S/C20H28N2O3/c1-19(2,3)25-18(23)22-17-14(10-11-20(4,5)13-21)12-24-16-9-7-6-8-15(16)17/h6-9,14,17H,10-12H2,1-5H3,(H,22,23). The van der Waals surface area contributed by atoms with Crippen molar-refractivity contribution >= 4 is 6.09 Å². The summed E-state index contributed by atoms with van der Waals surface area (Å²) in [5, 5.41) is 12.3. The predicted molar refractivity (Wildman–Crippen MR) is 96.2 cm³/mol. The van der Waals surface area contributed by atoms with E-state index >= 15 is 0 Å². The van der Waals surface area contributed by atoms with Gasteiger partial charge in [0.1, 0.15) is 11.4 Å². The topological polar surface area (TPSA) is 71.3 Å². The molecule has 5 nitrogen and oxygen atoms in total. The summed E-state index contributed by atoms with van der Waals surface area (Å²) in [5.41, 5.74) is 0.0138. The van der Waals surface area contributed by atoms with Crippen LogP contribution >= 0.6 is 0 Å². The Bertz CT molecular complexity index is 656. The number of nitrogens with one attached hydrogen (secondary N) is 1. The number of rotatable bonds is 4. The van der Waals surface area contributed by atoms with Crippen molar-refractivity contribution in [2.45, 2.75) is 59.1 Å². The zero-order valence-corrected chi connectivity index (χ0v) is 15.8. The van der Waals surface area contributed by atoms with Crippen LogP contribution in [0.5, 0.6) is 5.75 Å². The fourth-order valence-electron chi connectivity index (χ4n) is 2.90. The Hall–Kier alpha value is -2.22. The molecule has 1 heterocycles. The number of carbonyl (C=O) groups is 1. The average Bonchev–Trinajstić information content (AvgIpc) is 2.52. The van der Waals surface area contributed by atoms with Gasteiger partial charge in [-0.1, -0.05) is 18.2 Å². The number of benzene rings is 1. The van der Waals surface area contributed by atoms with Gasteiger partial charge >= 0.3 is 6.09 Å². The van der Waals surface area contributed by atoms with Crippen LogP contribution in [0.1, 0.15) is 59.1 Å². The number of hydrogen-bond acceptors (Lipinski definition) is 4. The van der Waals surface area contributed by atoms with E-state index in [0.717, 1.165) is 24.2 Å². The van der Waals surface area contributed by atoms with E-state index in [-0.39, 0.29) is 12.0 Å². The number of fused-ring (bicyclic) bond motifs is 1. The largest absolute Gasteiger partial charge is 0.493 e. The molecule has 1 aromatic carbocycles. The molecule has 1 aliphatic heterocycles. The summed E-state index contributed by atoms with van der Waals surface area (Å²) in [4.78, 5) is 12.3. The molecule has 0 bridgehead atoms. The summed E-state index contributed by atoms with van der Waals surface area (Å²) in [6.07, 6.45) is 1.10. The van der Waals surface area contributed by atoms with Gasteiger partial charge in [0.05, 0.1) is 24.1 Å². The highest BCUT2D eigenvalue weighted by atomic mass is 16.6. The number of alkyl carbamates (subject to hydrolysis) is 1. The first-order chi connectivity index (χ1) is 11.6. The zero-order valence-electron chi connectivity index (χ0n) is 15.8. The first-order valence-electron chi connectivity index (χ1n) is 8.74. The van der Waals surface area contributed by atoms with E-state index in [1.165, 1.54) is 0 Å². The predicted octanol–water partition coefficient (Wildman–Crippen LogP) is 4.59. The van der Waals surface area contributed by atoms with E-state index in [1.807, 2.05) is 58.9 Å². The normalized spacial score (nSPS) is 20.0. The zero-order chi connectivity index (χ0) is 18.7. The lowest BCUT2D eigenvalue weighted by atomic mass is 9.81. The van der Waals surface area contributed by atoms with Crippen LogP contribution in [0.4, 0.5) is 4.79 Å². The fraction of sp³-hybridized carbons (Fsp3) is 0.600. The molecular formula is C20H28N2O3. The van der Waals surface area contributed by atoms with Gasteiger partial charge in [0, 0.05) is 11.5 Å². The number of para-hydroxylation sites is 1. The van der Waals surface area contributed by atoms with Gasteiger partial charge in [-0.3, -0.25) is 0 Å². The summed E-state index contributed by atoms with van der Waals surface area (Å²) < 4.78 is 11.3. The second-order valence-electron chi connectivity index (χ2n) is 8.27. The molecule has 1 aliphatic rings. The van der Waals surface area contributed by atoms with E-state index in [1.54, 1.807) is 0 Å². The Balaban J connectivity index is 2.18. The third kappa shape index (κ3) is 5.38. The van der Waals surface area contributed by atoms with Crippen LogP contribution in [0.25, 0.3) is 0 Å². The summed E-state index contributed by atoms with van der Waals surface area (Å²) >= 11 is 0. The lowest BCUT2D eigenvalue weighted by molar-refractivity contribution is 0.0451. The Morgan fingerprint density at radius 2 is 2.00 bits per heavy atom. The van der Waals surface area contributed by atoms with E-state index in [9.17, 15) is 10.1 Å². The molecule has 1 aromatic rings. The highest BCUT2D eigenvalue weighted by molar-refractivity contribution is 5.68. The molecule has 25 heavy (non-hydrogen) atoms. The molecule has 1 amide bonds. The van der Waals surface area contributed by atoms with Crippen molar-refractivity contribution in [1.29, 1.82) is 5.26 Å². The molecule has 0 saturated heterocycles. The van der Waals surface area contributed by atoms with Crippen molar-refractivity contribution in [2.75, 3.05) is 6.61 Å². The minimum absolute atomic E-state index is 0.0926. The molecule has 0 aromatic heterocycles. The Morgan fingerprint density at radius 3 is 2.64 bits per heavy atom. The molecule has 0 fully saturated rings. The number of amides is 1. The molecular weight excluding hydrogens is 316 g/mol. The van der Waals surface area contributed by atoms with Crippen LogP contribution in [-0.2, 0) is 4.74 Å². The Kier molecular flexibility index (Phi) is 5.62. The molecule has 0 radical (unpaired) electrons. The second-order valence-corrected chi connectivity index (χ2v) is 8.27. The fourth-order valence-corrected chi connectivity index (χ4v) is 2.90. The maximum atomic E-state index is 12.3. The third-order valence-corrected chi connectivity index (χ3v) is 4.29. The van der Waals surface area contributed by atoms with E-state index in [4.69, 9.17) is 9.47 Å². The number of nitrogens with zero attached hydrogens (tertiary/aromatic N) is 1. The van der Waals surface area contributed by atoms with Gasteiger partial charge in [-0.15, -0.1) is 0 Å². The Morgan fingerprint density at radius 1 is 1.32 bits per heavy atom. The van der Waals surface area contributed by atoms with Crippen LogP contribution in [0, 0.1) is 22.7 Å². The third-order valence-electron chi connectivity index (χ3n) is 4.29. The van der Waals surface area contributed by atoms with Crippen LogP contribution < -0.4 is 10.1 Å². The van der Waals surface area contributed by atoms with E-state index < -0.39 is 17.1 Å². The van der Waals surface area contributed by atoms with Gasteiger partial charge in [0.2, 0.25) is 0 Å². The maximum Gasteiger partial charge on any atom is 0.408 e. The summed E-state index contributed by atoms with van der Waals surface area (Å²) in [6, 6.07) is 9.89. The molecule has 2 rings (SSSR count). The second kappa shape index (κ2) is 7.35. The van der Waals surface area contributed by atoms with Gasteiger partial charge in [0.15, 0.2) is 0 Å². The monoisotopic (exact) mass is 344 g/mol. The summed E-state index contributed by atoms with van der Waals surface area (Å²) in [5.74, 6) is 0.884. The number of nitriles is 1. The van der Waals surface area contributed by atoms with Gasteiger partial charge in [-0.25, -0.2) is 4.79 Å². The van der Waals surface area contributed by atoms with Crippen molar-refractivity contribution in [2.24, 2.45) is 11.3 Å². The minimum atomic E-state index is -0.549. The maximum absolute atomic E-state index is 12.3. The number of ether oxygens (including phenoxy) is 2. The first kappa shape index (κ1) is 19.1. The van der Waals surface area contributed by atoms with Crippen molar-refractivity contribution < 1.29 is 14.3 Å². The van der Waals surface area contributed by atoms with Gasteiger partial charge < -0.3 is 14.8 Å².